The molecular formula is C35H56O6. The molecule has 1 unspecified atom stereocenters. The van der Waals surface area contributed by atoms with Crippen molar-refractivity contribution in [1.82, 2.24) is 0 Å². The number of aliphatic hydroxyl groups excluding tert-OH is 4. The third-order valence-corrected chi connectivity index (χ3v) is 14.3. The molecule has 5 rings (SSSR count). The summed E-state index contributed by atoms with van der Waals surface area (Å²) in [7, 11) is 0. The molecule has 4 saturated carbocycles. The second-order valence-corrected chi connectivity index (χ2v) is 16.6. The number of carbonyl (C=O) groups is 1. The molecule has 0 spiro atoms. The first kappa shape index (κ1) is 31.2. The Morgan fingerprint density at radius 3 is 2.24 bits per heavy atom. The third kappa shape index (κ3) is 3.92. The Hall–Kier alpha value is -1.21. The first-order chi connectivity index (χ1) is 18.9. The van der Waals surface area contributed by atoms with Crippen LogP contribution < -0.4 is 0 Å². The van der Waals surface area contributed by atoms with Crippen molar-refractivity contribution in [3.8, 4) is 0 Å². The van der Waals surface area contributed by atoms with Crippen LogP contribution in [0.2, 0.25) is 0 Å². The van der Waals surface area contributed by atoms with E-state index >= 15 is 0 Å². The molecule has 0 aromatic rings. The first-order valence-electron chi connectivity index (χ1n) is 16.1. The summed E-state index contributed by atoms with van der Waals surface area (Å²) in [5, 5.41) is 46.1. The molecule has 5 aliphatic carbocycles. The van der Waals surface area contributed by atoms with Crippen LogP contribution >= 0.6 is 0 Å². The van der Waals surface area contributed by atoms with Gasteiger partial charge in [-0.25, -0.2) is 4.79 Å². The van der Waals surface area contributed by atoms with Crippen LogP contribution in [0, 0.1) is 50.2 Å². The van der Waals surface area contributed by atoms with Gasteiger partial charge < -0.3 is 25.2 Å². The van der Waals surface area contributed by atoms with Crippen molar-refractivity contribution in [2.24, 2.45) is 50.2 Å². The maximum Gasteiger partial charge on any atom is 0.333 e. The average molecular weight is 573 g/mol. The highest BCUT2D eigenvalue weighted by atomic mass is 16.6. The zero-order valence-corrected chi connectivity index (χ0v) is 27.0. The number of hydrogen-bond donors (Lipinski definition) is 4. The van der Waals surface area contributed by atoms with Gasteiger partial charge >= 0.3 is 5.97 Å². The van der Waals surface area contributed by atoms with Crippen LogP contribution in [0.1, 0.15) is 107 Å². The van der Waals surface area contributed by atoms with E-state index in [4.69, 9.17) is 4.74 Å². The lowest BCUT2D eigenvalue weighted by molar-refractivity contribution is -0.260. The summed E-state index contributed by atoms with van der Waals surface area (Å²) in [6, 6.07) is 0. The van der Waals surface area contributed by atoms with Crippen LogP contribution in [0.5, 0.6) is 0 Å². The zero-order chi connectivity index (χ0) is 30.6. The van der Waals surface area contributed by atoms with Gasteiger partial charge in [-0.3, -0.25) is 0 Å². The standard InChI is InChI=1S/C35H56O6/c1-10-20(2)29(40)41-28-27(39)35(19-36)22(17-30(28,3)4)21-11-12-24-32(7)15-14-25(37)31(5,6)23(32)13-16-33(24,8)34(21,9)18-26(35)38/h10-11,22-28,36-39H,12-19H2,1-9H3/b20-10+/t22-,23-,24+,25-,26+,27-,28?,32-,33+,34+,35-/m0/s1. The second kappa shape index (κ2) is 9.64. The molecule has 0 radical (unpaired) electrons. The van der Waals surface area contributed by atoms with E-state index in [9.17, 15) is 25.2 Å². The van der Waals surface area contributed by atoms with Gasteiger partial charge in [-0.1, -0.05) is 66.2 Å². The Bertz CT molecular complexity index is 1140. The number of ether oxygens (including phenoxy) is 1. The highest BCUT2D eigenvalue weighted by molar-refractivity contribution is 5.87. The lowest BCUT2D eigenvalue weighted by atomic mass is 9.33. The van der Waals surface area contributed by atoms with Crippen molar-refractivity contribution in [2.45, 2.75) is 132 Å². The lowest BCUT2D eigenvalue weighted by Crippen LogP contribution is -2.72. The fourth-order valence-electron chi connectivity index (χ4n) is 11.4. The van der Waals surface area contributed by atoms with Crippen LogP contribution in [0.4, 0.5) is 0 Å². The Balaban J connectivity index is 1.58. The monoisotopic (exact) mass is 572 g/mol. The highest BCUT2D eigenvalue weighted by Crippen LogP contribution is 2.75. The summed E-state index contributed by atoms with van der Waals surface area (Å²) in [5.41, 5.74) is -0.416. The minimum absolute atomic E-state index is 0.0647. The van der Waals surface area contributed by atoms with Gasteiger partial charge in [-0.2, -0.15) is 0 Å². The van der Waals surface area contributed by atoms with E-state index in [2.05, 4.69) is 40.7 Å². The van der Waals surface area contributed by atoms with Crippen LogP contribution in [0.3, 0.4) is 0 Å². The first-order valence-corrected chi connectivity index (χ1v) is 16.1. The van der Waals surface area contributed by atoms with Crippen LogP contribution in [0.25, 0.3) is 0 Å². The summed E-state index contributed by atoms with van der Waals surface area (Å²) < 4.78 is 5.94. The smallest absolute Gasteiger partial charge is 0.333 e. The van der Waals surface area contributed by atoms with Crippen LogP contribution in [-0.4, -0.2) is 57.4 Å². The van der Waals surface area contributed by atoms with E-state index in [1.807, 2.05) is 13.8 Å². The second-order valence-electron chi connectivity index (χ2n) is 16.6. The van der Waals surface area contributed by atoms with Gasteiger partial charge in [0.1, 0.15) is 12.2 Å². The molecule has 4 fully saturated rings. The van der Waals surface area contributed by atoms with Crippen molar-refractivity contribution < 1.29 is 30.0 Å². The van der Waals surface area contributed by atoms with Crippen molar-refractivity contribution >= 4 is 5.97 Å². The van der Waals surface area contributed by atoms with Gasteiger partial charge in [0.15, 0.2) is 0 Å². The molecule has 0 bridgehead atoms. The largest absolute Gasteiger partial charge is 0.456 e. The normalized spacial score (nSPS) is 50.4. The van der Waals surface area contributed by atoms with Crippen LogP contribution in [0.15, 0.2) is 23.3 Å². The SMILES string of the molecule is C/C=C(\C)C(=O)OC1[C@H](O)[C@]2(CO)[C@H](O)C[C@]3(C)C(=CC[C@@H]4[C@@]5(C)CC[C@H](O)C(C)(C)[C@@H]5CC[C@]43C)[C@@H]2CC1(C)C. The number of hydrogen-bond acceptors (Lipinski definition) is 6. The summed E-state index contributed by atoms with van der Waals surface area (Å²) in [6.07, 6.45) is 6.77. The fourth-order valence-corrected chi connectivity index (χ4v) is 11.4. The summed E-state index contributed by atoms with van der Waals surface area (Å²) in [5.74, 6) is 0.162. The molecule has 0 aliphatic heterocycles. The highest BCUT2D eigenvalue weighted by Gasteiger charge is 2.72. The van der Waals surface area contributed by atoms with Gasteiger partial charge in [-0.05, 0) is 98.2 Å². The molecular weight excluding hydrogens is 516 g/mol. The van der Waals surface area contributed by atoms with E-state index in [-0.39, 0.29) is 40.3 Å². The molecule has 0 aromatic heterocycles. The molecule has 0 heterocycles. The van der Waals surface area contributed by atoms with Crippen molar-refractivity contribution in [3.63, 3.8) is 0 Å². The van der Waals surface area contributed by atoms with E-state index in [0.29, 0.717) is 30.3 Å². The Kier molecular flexibility index (Phi) is 7.34. The van der Waals surface area contributed by atoms with Crippen molar-refractivity contribution in [2.75, 3.05) is 6.61 Å². The van der Waals surface area contributed by atoms with E-state index in [1.165, 1.54) is 5.57 Å². The number of fused-ring (bicyclic) bond motifs is 7. The van der Waals surface area contributed by atoms with E-state index in [0.717, 1.165) is 32.1 Å². The summed E-state index contributed by atoms with van der Waals surface area (Å²) in [4.78, 5) is 12.8. The molecule has 232 valence electrons. The molecule has 6 heteroatoms. The minimum Gasteiger partial charge on any atom is -0.456 e. The minimum atomic E-state index is -1.20. The molecule has 0 saturated heterocycles. The summed E-state index contributed by atoms with van der Waals surface area (Å²) in [6.45, 7) is 18.9. The number of allylic oxidation sites excluding steroid dienone is 3. The molecule has 0 aromatic carbocycles. The zero-order valence-electron chi connectivity index (χ0n) is 27.0. The predicted molar refractivity (Wildman–Crippen MR) is 160 cm³/mol. The van der Waals surface area contributed by atoms with Gasteiger partial charge in [-0.15, -0.1) is 0 Å². The maximum absolute atomic E-state index is 12.8. The number of aliphatic hydroxyl groups is 4. The van der Waals surface area contributed by atoms with E-state index < -0.39 is 35.1 Å². The van der Waals surface area contributed by atoms with Crippen LogP contribution in [-0.2, 0) is 9.53 Å². The number of carbonyl (C=O) groups excluding carboxylic acids is 1. The number of esters is 1. The molecule has 6 nitrogen and oxygen atoms in total. The summed E-state index contributed by atoms with van der Waals surface area (Å²) >= 11 is 0. The van der Waals surface area contributed by atoms with Gasteiger partial charge in [0.25, 0.3) is 0 Å². The van der Waals surface area contributed by atoms with Crippen molar-refractivity contribution in [3.05, 3.63) is 23.3 Å². The van der Waals surface area contributed by atoms with Gasteiger partial charge in [0.05, 0.1) is 24.2 Å². The van der Waals surface area contributed by atoms with Crippen molar-refractivity contribution in [1.29, 1.82) is 0 Å². The van der Waals surface area contributed by atoms with Gasteiger partial charge in [0, 0.05) is 11.0 Å². The molecule has 11 atom stereocenters. The lowest BCUT2D eigenvalue weighted by Gasteiger charge is -2.72. The Morgan fingerprint density at radius 2 is 1.63 bits per heavy atom. The Labute approximate surface area is 247 Å². The van der Waals surface area contributed by atoms with Gasteiger partial charge in [0.2, 0.25) is 0 Å². The number of rotatable bonds is 3. The topological polar surface area (TPSA) is 107 Å². The quantitative estimate of drug-likeness (QED) is 0.200. The van der Waals surface area contributed by atoms with E-state index in [1.54, 1.807) is 19.9 Å². The molecule has 4 N–H and O–H groups in total. The molecule has 41 heavy (non-hydrogen) atoms. The molecule has 0 amide bonds. The third-order valence-electron chi connectivity index (χ3n) is 14.3. The predicted octanol–water partition coefficient (Wildman–Crippen LogP) is 5.57. The fraction of sp³-hybridized carbons (Fsp3) is 0.857. The molecule has 5 aliphatic rings. The Morgan fingerprint density at radius 1 is 0.976 bits per heavy atom. The average Bonchev–Trinajstić information content (AvgIpc) is 2.88. The maximum atomic E-state index is 12.8.